The molecule has 0 spiro atoms. The summed E-state index contributed by atoms with van der Waals surface area (Å²) in [6.07, 6.45) is 5.01. The van der Waals surface area contributed by atoms with Gasteiger partial charge in [-0.3, -0.25) is 9.98 Å². The minimum absolute atomic E-state index is 0. The zero-order chi connectivity index (χ0) is 17.4. The van der Waals surface area contributed by atoms with Gasteiger partial charge in [-0.05, 0) is 51.3 Å². The third-order valence-corrected chi connectivity index (χ3v) is 4.46. The summed E-state index contributed by atoms with van der Waals surface area (Å²) in [5, 5.41) is 17.0. The van der Waals surface area contributed by atoms with E-state index < -0.39 is 6.10 Å². The van der Waals surface area contributed by atoms with Gasteiger partial charge in [0, 0.05) is 44.1 Å². The number of nitrogens with one attached hydrogen (secondary N) is 2. The monoisotopic (exact) mass is 461 g/mol. The van der Waals surface area contributed by atoms with Crippen LogP contribution in [-0.2, 0) is 0 Å². The highest BCUT2D eigenvalue weighted by Gasteiger charge is 2.21. The molecule has 0 bridgehead atoms. The number of likely N-dealkylation sites (tertiary alicyclic amines) is 1. The Kier molecular flexibility index (Phi) is 10.3. The molecule has 1 saturated heterocycles. The van der Waals surface area contributed by atoms with Crippen molar-refractivity contribution in [3.8, 4) is 0 Å². The highest BCUT2D eigenvalue weighted by Crippen LogP contribution is 2.13. The van der Waals surface area contributed by atoms with Crippen molar-refractivity contribution in [2.45, 2.75) is 51.8 Å². The number of piperidine rings is 1. The number of hydrogen-bond acceptors (Lipinski definition) is 4. The smallest absolute Gasteiger partial charge is 0.191 e. The molecule has 0 saturated carbocycles. The molecule has 25 heavy (non-hydrogen) atoms. The van der Waals surface area contributed by atoms with Crippen molar-refractivity contribution < 1.29 is 5.11 Å². The molecule has 0 radical (unpaired) electrons. The van der Waals surface area contributed by atoms with E-state index in [-0.39, 0.29) is 24.0 Å². The van der Waals surface area contributed by atoms with Gasteiger partial charge < -0.3 is 20.6 Å². The van der Waals surface area contributed by atoms with Crippen molar-refractivity contribution in [3.05, 3.63) is 30.1 Å². The number of aliphatic hydroxyl groups is 1. The number of pyridine rings is 1. The van der Waals surface area contributed by atoms with Crippen LogP contribution in [0.25, 0.3) is 0 Å². The lowest BCUT2D eigenvalue weighted by Gasteiger charge is -2.35. The van der Waals surface area contributed by atoms with E-state index >= 15 is 0 Å². The molecule has 2 heterocycles. The Hall–Kier alpha value is -0.930. The fraction of sp³-hybridized carbons (Fsp3) is 0.667. The van der Waals surface area contributed by atoms with Crippen LogP contribution >= 0.6 is 24.0 Å². The molecule has 3 N–H and O–H groups in total. The Morgan fingerprint density at radius 2 is 1.96 bits per heavy atom. The SMILES string of the molecule is CCNC(=NCC(O)c1ccncc1)NC1CCN(C(C)C)CC1.I. The fourth-order valence-electron chi connectivity index (χ4n) is 2.94. The summed E-state index contributed by atoms with van der Waals surface area (Å²) in [5.41, 5.74) is 0.842. The summed E-state index contributed by atoms with van der Waals surface area (Å²) < 4.78 is 0. The van der Waals surface area contributed by atoms with Crippen molar-refractivity contribution in [1.82, 2.24) is 20.5 Å². The Balaban J connectivity index is 0.00000312. The van der Waals surface area contributed by atoms with Gasteiger partial charge in [0.25, 0.3) is 0 Å². The van der Waals surface area contributed by atoms with Gasteiger partial charge in [-0.25, -0.2) is 0 Å². The Morgan fingerprint density at radius 1 is 1.32 bits per heavy atom. The lowest BCUT2D eigenvalue weighted by Crippen LogP contribution is -2.50. The minimum atomic E-state index is -0.605. The number of nitrogens with zero attached hydrogens (tertiary/aromatic N) is 3. The van der Waals surface area contributed by atoms with E-state index in [1.54, 1.807) is 12.4 Å². The van der Waals surface area contributed by atoms with Gasteiger partial charge in [0.1, 0.15) is 0 Å². The van der Waals surface area contributed by atoms with E-state index in [0.29, 0.717) is 18.6 Å². The van der Waals surface area contributed by atoms with Crippen LogP contribution in [0.2, 0.25) is 0 Å². The average molecular weight is 461 g/mol. The highest BCUT2D eigenvalue weighted by atomic mass is 127. The maximum absolute atomic E-state index is 10.2. The molecule has 1 aliphatic rings. The van der Waals surface area contributed by atoms with Crippen LogP contribution in [0.4, 0.5) is 0 Å². The zero-order valence-corrected chi connectivity index (χ0v) is 17.8. The van der Waals surface area contributed by atoms with Crippen LogP contribution in [0, 0.1) is 0 Å². The topological polar surface area (TPSA) is 72.8 Å². The lowest BCUT2D eigenvalue weighted by molar-refractivity contribution is 0.167. The molecule has 1 aromatic heterocycles. The molecule has 6 nitrogen and oxygen atoms in total. The maximum Gasteiger partial charge on any atom is 0.191 e. The molecular weight excluding hydrogens is 429 g/mol. The van der Waals surface area contributed by atoms with Gasteiger partial charge in [-0.2, -0.15) is 0 Å². The molecular formula is C18H32IN5O. The predicted octanol–water partition coefficient (Wildman–Crippen LogP) is 2.16. The Bertz CT molecular complexity index is 503. The number of hydrogen-bond donors (Lipinski definition) is 3. The second kappa shape index (κ2) is 11.6. The minimum Gasteiger partial charge on any atom is -0.386 e. The van der Waals surface area contributed by atoms with Gasteiger partial charge in [0.2, 0.25) is 0 Å². The van der Waals surface area contributed by atoms with Crippen LogP contribution < -0.4 is 10.6 Å². The molecule has 1 aliphatic heterocycles. The van der Waals surface area contributed by atoms with E-state index in [4.69, 9.17) is 0 Å². The quantitative estimate of drug-likeness (QED) is 0.344. The average Bonchev–Trinajstić information content (AvgIpc) is 2.61. The van der Waals surface area contributed by atoms with E-state index in [9.17, 15) is 5.11 Å². The summed E-state index contributed by atoms with van der Waals surface area (Å²) in [6, 6.07) is 4.70. The number of rotatable bonds is 6. The van der Waals surface area contributed by atoms with Crippen LogP contribution in [-0.4, -0.2) is 59.2 Å². The summed E-state index contributed by atoms with van der Waals surface area (Å²) in [4.78, 5) is 11.0. The highest BCUT2D eigenvalue weighted by molar-refractivity contribution is 14.0. The third kappa shape index (κ3) is 7.45. The first-order valence-electron chi connectivity index (χ1n) is 8.97. The van der Waals surface area contributed by atoms with E-state index in [1.165, 1.54) is 0 Å². The molecule has 0 aliphatic carbocycles. The summed E-state index contributed by atoms with van der Waals surface area (Å²) in [6.45, 7) is 9.94. The van der Waals surface area contributed by atoms with Crippen molar-refractivity contribution in [2.24, 2.45) is 4.99 Å². The van der Waals surface area contributed by atoms with Crippen molar-refractivity contribution in [2.75, 3.05) is 26.2 Å². The molecule has 1 atom stereocenters. The number of halogens is 1. The van der Waals surface area contributed by atoms with Gasteiger partial charge in [-0.1, -0.05) is 0 Å². The first-order chi connectivity index (χ1) is 11.6. The molecule has 7 heteroatoms. The maximum atomic E-state index is 10.2. The lowest BCUT2D eigenvalue weighted by atomic mass is 10.0. The van der Waals surface area contributed by atoms with Crippen LogP contribution in [0.5, 0.6) is 0 Å². The standard InChI is InChI=1S/C18H31N5O.HI/c1-4-20-18(21-13-17(24)15-5-9-19-10-6-15)22-16-7-11-23(12-8-16)14(2)3;/h5-6,9-10,14,16-17,24H,4,7-8,11-13H2,1-3H3,(H2,20,21,22);1H. The molecule has 1 unspecified atom stereocenters. The largest absolute Gasteiger partial charge is 0.386 e. The normalized spacial score (nSPS) is 17.9. The van der Waals surface area contributed by atoms with Crippen LogP contribution in [0.3, 0.4) is 0 Å². The Labute approximate surface area is 168 Å². The predicted molar refractivity (Wildman–Crippen MR) is 113 cm³/mol. The van der Waals surface area contributed by atoms with Crippen molar-refractivity contribution in [3.63, 3.8) is 0 Å². The fourth-order valence-corrected chi connectivity index (χ4v) is 2.94. The molecule has 0 aromatic carbocycles. The van der Waals surface area contributed by atoms with Gasteiger partial charge >= 0.3 is 0 Å². The Morgan fingerprint density at radius 3 is 2.52 bits per heavy atom. The van der Waals surface area contributed by atoms with E-state index in [2.05, 4.69) is 46.3 Å². The van der Waals surface area contributed by atoms with Gasteiger partial charge in [0.15, 0.2) is 5.96 Å². The molecule has 1 fully saturated rings. The first-order valence-corrected chi connectivity index (χ1v) is 8.97. The zero-order valence-electron chi connectivity index (χ0n) is 15.5. The van der Waals surface area contributed by atoms with Gasteiger partial charge in [-0.15, -0.1) is 24.0 Å². The molecule has 2 rings (SSSR count). The second-order valence-electron chi connectivity index (χ2n) is 6.56. The van der Waals surface area contributed by atoms with Crippen LogP contribution in [0.15, 0.2) is 29.5 Å². The number of guanidine groups is 1. The molecule has 1 aromatic rings. The van der Waals surface area contributed by atoms with E-state index in [1.807, 2.05) is 12.1 Å². The second-order valence-corrected chi connectivity index (χ2v) is 6.56. The van der Waals surface area contributed by atoms with Crippen LogP contribution in [0.1, 0.15) is 45.3 Å². The number of aromatic nitrogens is 1. The van der Waals surface area contributed by atoms with Crippen molar-refractivity contribution in [1.29, 1.82) is 0 Å². The van der Waals surface area contributed by atoms with E-state index in [0.717, 1.165) is 44.0 Å². The number of aliphatic hydroxyl groups excluding tert-OH is 1. The summed E-state index contributed by atoms with van der Waals surface area (Å²) in [5.74, 6) is 0.786. The third-order valence-electron chi connectivity index (χ3n) is 4.46. The first kappa shape index (κ1) is 22.1. The summed E-state index contributed by atoms with van der Waals surface area (Å²) >= 11 is 0. The van der Waals surface area contributed by atoms with Gasteiger partial charge in [0.05, 0.1) is 12.6 Å². The summed E-state index contributed by atoms with van der Waals surface area (Å²) in [7, 11) is 0. The molecule has 142 valence electrons. The molecule has 0 amide bonds. The number of aliphatic imine (C=N–C) groups is 1. The van der Waals surface area contributed by atoms with Crippen molar-refractivity contribution >= 4 is 29.9 Å².